The van der Waals surface area contributed by atoms with Crippen LogP contribution in [0.2, 0.25) is 0 Å². The first-order valence-corrected chi connectivity index (χ1v) is 7.18. The summed E-state index contributed by atoms with van der Waals surface area (Å²) in [6, 6.07) is 5.79. The molecule has 2 atom stereocenters. The third-order valence-corrected chi connectivity index (χ3v) is 4.33. The predicted octanol–water partition coefficient (Wildman–Crippen LogP) is 1.49. The van der Waals surface area contributed by atoms with Gasteiger partial charge in [-0.25, -0.2) is 4.57 Å². The van der Waals surface area contributed by atoms with E-state index in [-0.39, 0.29) is 23.7 Å². The first-order valence-electron chi connectivity index (χ1n) is 6.80. The monoisotopic (exact) mass is 291 g/mol. The number of amides is 2. The molecule has 1 aliphatic heterocycles. The lowest BCUT2D eigenvalue weighted by molar-refractivity contribution is -0.696. The Morgan fingerprint density at radius 1 is 1.15 bits per heavy atom. The van der Waals surface area contributed by atoms with Crippen LogP contribution in [0.15, 0.2) is 41.7 Å². The van der Waals surface area contributed by atoms with Gasteiger partial charge >= 0.3 is 0 Å². The lowest BCUT2D eigenvalue weighted by Gasteiger charge is -2.17. The van der Waals surface area contributed by atoms with Gasteiger partial charge in [0.15, 0.2) is 18.9 Å². The molecule has 1 aromatic heterocycles. The highest BCUT2D eigenvalue weighted by molar-refractivity contribution is 6.30. The zero-order chi connectivity index (χ0) is 14.1. The average molecular weight is 292 g/mol. The average Bonchev–Trinajstić information content (AvgIpc) is 2.70. The minimum absolute atomic E-state index is 0.0445. The van der Waals surface area contributed by atoms with Crippen molar-refractivity contribution in [3.8, 4) is 0 Å². The summed E-state index contributed by atoms with van der Waals surface area (Å²) in [5, 5.41) is 0.701. The molecule has 0 radical (unpaired) electrons. The molecule has 2 amide bonds. The van der Waals surface area contributed by atoms with Gasteiger partial charge < -0.3 is 0 Å². The fourth-order valence-corrected chi connectivity index (χ4v) is 3.17. The zero-order valence-corrected chi connectivity index (χ0v) is 11.8. The summed E-state index contributed by atoms with van der Waals surface area (Å²) in [6.07, 6.45) is 6.81. The third-order valence-electron chi connectivity index (χ3n) is 4.02. The molecule has 2 aliphatic rings. The second kappa shape index (κ2) is 5.37. The normalized spacial score (nSPS) is 25.6. The number of nitrogens with zero attached hydrogens (tertiary/aromatic N) is 2. The Kier molecular flexibility index (Phi) is 3.57. The number of rotatable bonds is 3. The van der Waals surface area contributed by atoms with Crippen LogP contribution >= 0.6 is 11.6 Å². The summed E-state index contributed by atoms with van der Waals surface area (Å²) in [7, 11) is 0. The Bertz CT molecular complexity index is 570. The molecule has 0 aromatic carbocycles. The molecule has 0 saturated carbocycles. The van der Waals surface area contributed by atoms with Crippen LogP contribution in [-0.4, -0.2) is 23.3 Å². The number of fused-ring (bicyclic) bond motifs is 1. The maximum Gasteiger partial charge on any atom is 0.233 e. The highest BCUT2D eigenvalue weighted by Gasteiger charge is 2.48. The van der Waals surface area contributed by atoms with Crippen LogP contribution in [0, 0.1) is 11.8 Å². The lowest BCUT2D eigenvalue weighted by Crippen LogP contribution is -2.42. The zero-order valence-electron chi connectivity index (χ0n) is 11.0. The van der Waals surface area contributed by atoms with Gasteiger partial charge in [0, 0.05) is 17.2 Å². The van der Waals surface area contributed by atoms with Crippen molar-refractivity contribution in [2.45, 2.75) is 19.4 Å². The Labute approximate surface area is 122 Å². The van der Waals surface area contributed by atoms with E-state index in [0.29, 0.717) is 31.0 Å². The van der Waals surface area contributed by atoms with Gasteiger partial charge in [-0.3, -0.25) is 14.5 Å². The van der Waals surface area contributed by atoms with Crippen LogP contribution < -0.4 is 4.57 Å². The van der Waals surface area contributed by atoms with E-state index < -0.39 is 0 Å². The number of halogens is 1. The van der Waals surface area contributed by atoms with E-state index in [4.69, 9.17) is 11.6 Å². The third kappa shape index (κ3) is 2.36. The fourth-order valence-electron chi connectivity index (χ4n) is 2.92. The number of imide groups is 1. The standard InChI is InChI=1S/C15H16ClN2O2/c16-11-4-5-12-13(10-11)15(20)18(14(12)19)9-8-17-6-2-1-3-7-17/h1-4,6-7,12-13H,5,8-10H2/q+1/t12-,13+/m0/s1. The molecule has 0 N–H and O–H groups in total. The quantitative estimate of drug-likeness (QED) is 0.625. The maximum atomic E-state index is 12.3. The van der Waals surface area contributed by atoms with Gasteiger partial charge in [-0.2, -0.15) is 0 Å². The molecule has 104 valence electrons. The van der Waals surface area contributed by atoms with Crippen molar-refractivity contribution in [3.05, 3.63) is 41.7 Å². The molecule has 20 heavy (non-hydrogen) atoms. The molecule has 5 heteroatoms. The Morgan fingerprint density at radius 3 is 2.60 bits per heavy atom. The Balaban J connectivity index is 1.69. The van der Waals surface area contributed by atoms with E-state index in [1.54, 1.807) is 0 Å². The van der Waals surface area contributed by atoms with E-state index in [1.807, 2.05) is 41.2 Å². The van der Waals surface area contributed by atoms with Crippen molar-refractivity contribution in [2.24, 2.45) is 11.8 Å². The van der Waals surface area contributed by atoms with Gasteiger partial charge in [-0.05, 0) is 12.8 Å². The molecular weight excluding hydrogens is 276 g/mol. The van der Waals surface area contributed by atoms with E-state index in [0.717, 1.165) is 0 Å². The molecule has 1 aliphatic carbocycles. The largest absolute Gasteiger partial charge is 0.276 e. The number of likely N-dealkylation sites (tertiary alicyclic amines) is 1. The number of aromatic nitrogens is 1. The summed E-state index contributed by atoms with van der Waals surface area (Å²) in [5.74, 6) is -0.564. The molecule has 1 saturated heterocycles. The van der Waals surface area contributed by atoms with Crippen molar-refractivity contribution < 1.29 is 14.2 Å². The Hall–Kier alpha value is -1.68. The van der Waals surface area contributed by atoms with Crippen LogP contribution in [0.4, 0.5) is 0 Å². The van der Waals surface area contributed by atoms with Crippen LogP contribution in [0.3, 0.4) is 0 Å². The smallest absolute Gasteiger partial charge is 0.233 e. The van der Waals surface area contributed by atoms with Gasteiger partial charge in [0.1, 0.15) is 0 Å². The molecule has 0 spiro atoms. The second-order valence-electron chi connectivity index (χ2n) is 5.25. The van der Waals surface area contributed by atoms with Gasteiger partial charge in [0.05, 0.1) is 18.4 Å². The topological polar surface area (TPSA) is 41.3 Å². The summed E-state index contributed by atoms with van der Waals surface area (Å²) in [4.78, 5) is 26.0. The van der Waals surface area contributed by atoms with Crippen molar-refractivity contribution in [3.63, 3.8) is 0 Å². The molecule has 2 heterocycles. The predicted molar refractivity (Wildman–Crippen MR) is 73.5 cm³/mol. The van der Waals surface area contributed by atoms with Crippen molar-refractivity contribution in [2.75, 3.05) is 6.54 Å². The van der Waals surface area contributed by atoms with E-state index in [1.165, 1.54) is 4.90 Å². The molecule has 1 fully saturated rings. The van der Waals surface area contributed by atoms with E-state index in [2.05, 4.69) is 0 Å². The maximum absolute atomic E-state index is 12.3. The van der Waals surface area contributed by atoms with Crippen LogP contribution in [-0.2, 0) is 16.1 Å². The van der Waals surface area contributed by atoms with Crippen molar-refractivity contribution in [1.29, 1.82) is 0 Å². The van der Waals surface area contributed by atoms with Crippen molar-refractivity contribution >= 4 is 23.4 Å². The SMILES string of the molecule is O=C1[C@H]2CC=C(Cl)C[C@H]2C(=O)N1CC[n+]1ccccc1. The molecule has 0 unspecified atom stereocenters. The summed E-state index contributed by atoms with van der Waals surface area (Å²) >= 11 is 5.99. The number of carbonyl (C=O) groups excluding carboxylic acids is 2. The molecule has 4 nitrogen and oxygen atoms in total. The van der Waals surface area contributed by atoms with Crippen LogP contribution in [0.25, 0.3) is 0 Å². The second-order valence-corrected chi connectivity index (χ2v) is 5.73. The molecule has 3 rings (SSSR count). The molecule has 0 bridgehead atoms. The van der Waals surface area contributed by atoms with Crippen LogP contribution in [0.1, 0.15) is 12.8 Å². The van der Waals surface area contributed by atoms with Gasteiger partial charge in [0.2, 0.25) is 11.8 Å². The molecule has 1 aromatic rings. The number of hydrogen-bond donors (Lipinski definition) is 0. The van der Waals surface area contributed by atoms with E-state index in [9.17, 15) is 9.59 Å². The summed E-state index contributed by atoms with van der Waals surface area (Å²) in [5.41, 5.74) is 0. The van der Waals surface area contributed by atoms with Gasteiger partial charge in [0.25, 0.3) is 0 Å². The van der Waals surface area contributed by atoms with Gasteiger partial charge in [-0.15, -0.1) is 0 Å². The number of pyridine rings is 1. The Morgan fingerprint density at radius 2 is 1.85 bits per heavy atom. The van der Waals surface area contributed by atoms with Crippen LogP contribution in [0.5, 0.6) is 0 Å². The summed E-state index contributed by atoms with van der Waals surface area (Å²) < 4.78 is 1.97. The summed E-state index contributed by atoms with van der Waals surface area (Å²) in [6.45, 7) is 1.05. The van der Waals surface area contributed by atoms with Gasteiger partial charge in [-0.1, -0.05) is 23.7 Å². The van der Waals surface area contributed by atoms with E-state index >= 15 is 0 Å². The lowest BCUT2D eigenvalue weighted by atomic mass is 9.85. The highest BCUT2D eigenvalue weighted by atomic mass is 35.5. The first kappa shape index (κ1) is 13.3. The number of hydrogen-bond acceptors (Lipinski definition) is 2. The fraction of sp³-hybridized carbons (Fsp3) is 0.400. The first-order chi connectivity index (χ1) is 9.66. The van der Waals surface area contributed by atoms with Crippen molar-refractivity contribution in [1.82, 2.24) is 4.90 Å². The number of allylic oxidation sites excluding steroid dienone is 2. The minimum Gasteiger partial charge on any atom is -0.276 e. The minimum atomic E-state index is -0.249. The molecular formula is C15H16ClN2O2+. The number of carbonyl (C=O) groups is 2. The highest BCUT2D eigenvalue weighted by Crippen LogP contribution is 2.38.